The number of nitrogen functional groups attached to an aromatic ring is 1. The van der Waals surface area contributed by atoms with E-state index in [-0.39, 0.29) is 11.5 Å². The van der Waals surface area contributed by atoms with Crippen LogP contribution in [-0.4, -0.2) is 24.7 Å². The van der Waals surface area contributed by atoms with Gasteiger partial charge in [0.25, 0.3) is 5.91 Å². The Balaban J connectivity index is 1.79. The summed E-state index contributed by atoms with van der Waals surface area (Å²) < 4.78 is 6.60. The third kappa shape index (κ3) is 2.86. The van der Waals surface area contributed by atoms with Gasteiger partial charge in [0, 0.05) is 28.3 Å². The van der Waals surface area contributed by atoms with Gasteiger partial charge in [-0.15, -0.1) is 11.3 Å². The Hall–Kier alpha value is -1.30. The minimum absolute atomic E-state index is 0.151. The highest BCUT2D eigenvalue weighted by atomic mass is 35.5. The number of anilines is 1. The van der Waals surface area contributed by atoms with Gasteiger partial charge in [0.1, 0.15) is 4.88 Å². The van der Waals surface area contributed by atoms with E-state index in [4.69, 9.17) is 22.1 Å². The molecular formula is C15H17ClN2O2S. The Kier molecular flexibility index (Phi) is 3.82. The van der Waals surface area contributed by atoms with Gasteiger partial charge in [-0.2, -0.15) is 0 Å². The van der Waals surface area contributed by atoms with Crippen LogP contribution in [0.15, 0.2) is 18.2 Å². The Labute approximate surface area is 132 Å². The number of rotatable bonds is 3. The topological polar surface area (TPSA) is 64.4 Å². The molecule has 1 unspecified atom stereocenters. The van der Waals surface area contributed by atoms with Crippen LogP contribution < -0.4 is 11.1 Å². The van der Waals surface area contributed by atoms with Crippen LogP contribution in [0.1, 0.15) is 29.4 Å². The number of carbonyl (C=O) groups is 1. The smallest absolute Gasteiger partial charge is 0.263 e. The minimum atomic E-state index is -0.260. The maximum absolute atomic E-state index is 12.3. The van der Waals surface area contributed by atoms with E-state index < -0.39 is 0 Å². The first-order valence-electron chi connectivity index (χ1n) is 6.88. The molecule has 2 heterocycles. The van der Waals surface area contributed by atoms with Crippen LogP contribution in [0.5, 0.6) is 0 Å². The van der Waals surface area contributed by atoms with Crippen LogP contribution in [0.4, 0.5) is 5.69 Å². The number of amides is 1. The fourth-order valence-corrected chi connectivity index (χ4v) is 3.90. The standard InChI is InChI=1S/C15H17ClN2O2S/c1-15(5-2-6-20-15)8-18-14(19)13-12(17)10-4-3-9(16)7-11(10)21-13/h3-4,7H,2,5-6,8,17H2,1H3,(H,18,19). The molecule has 1 fully saturated rings. The fraction of sp³-hybridized carbons (Fsp3) is 0.400. The van der Waals surface area contributed by atoms with Crippen LogP contribution in [0.2, 0.25) is 5.02 Å². The molecule has 3 rings (SSSR count). The highest BCUT2D eigenvalue weighted by Crippen LogP contribution is 2.35. The molecule has 112 valence electrons. The number of hydrogen-bond acceptors (Lipinski definition) is 4. The van der Waals surface area contributed by atoms with Gasteiger partial charge in [0.05, 0.1) is 11.3 Å². The molecule has 0 radical (unpaired) electrons. The van der Waals surface area contributed by atoms with Crippen LogP contribution in [0.3, 0.4) is 0 Å². The number of thiophene rings is 1. The normalized spacial score (nSPS) is 21.8. The third-order valence-corrected chi connectivity index (χ3v) is 5.22. The van der Waals surface area contributed by atoms with Crippen molar-refractivity contribution < 1.29 is 9.53 Å². The largest absolute Gasteiger partial charge is 0.397 e. The van der Waals surface area contributed by atoms with Crippen molar-refractivity contribution in [2.24, 2.45) is 0 Å². The molecule has 3 N–H and O–H groups in total. The summed E-state index contributed by atoms with van der Waals surface area (Å²) in [6.07, 6.45) is 2.00. The summed E-state index contributed by atoms with van der Waals surface area (Å²) in [5, 5.41) is 4.45. The van der Waals surface area contributed by atoms with Gasteiger partial charge in [-0.05, 0) is 38.0 Å². The van der Waals surface area contributed by atoms with E-state index in [1.807, 2.05) is 19.1 Å². The van der Waals surface area contributed by atoms with E-state index in [9.17, 15) is 4.79 Å². The molecule has 21 heavy (non-hydrogen) atoms. The van der Waals surface area contributed by atoms with Gasteiger partial charge in [-0.25, -0.2) is 0 Å². The third-order valence-electron chi connectivity index (χ3n) is 3.82. The van der Waals surface area contributed by atoms with Crippen molar-refractivity contribution in [3.05, 3.63) is 28.1 Å². The van der Waals surface area contributed by atoms with E-state index in [0.717, 1.165) is 29.5 Å². The molecule has 2 aromatic rings. The Morgan fingerprint density at radius 3 is 3.10 bits per heavy atom. The SMILES string of the molecule is CC1(CNC(=O)c2sc3cc(Cl)ccc3c2N)CCCO1. The summed E-state index contributed by atoms with van der Waals surface area (Å²) in [6.45, 7) is 3.28. The summed E-state index contributed by atoms with van der Waals surface area (Å²) in [4.78, 5) is 12.9. The molecule has 1 aliphatic heterocycles. The summed E-state index contributed by atoms with van der Waals surface area (Å²) >= 11 is 7.34. The van der Waals surface area contributed by atoms with E-state index in [2.05, 4.69) is 5.32 Å². The number of nitrogens with one attached hydrogen (secondary N) is 1. The lowest BCUT2D eigenvalue weighted by Crippen LogP contribution is -2.40. The van der Waals surface area contributed by atoms with Crippen molar-refractivity contribution in [3.8, 4) is 0 Å². The zero-order chi connectivity index (χ0) is 15.0. The zero-order valence-corrected chi connectivity index (χ0v) is 13.3. The van der Waals surface area contributed by atoms with Crippen molar-refractivity contribution in [2.75, 3.05) is 18.9 Å². The van der Waals surface area contributed by atoms with Crippen LogP contribution in [0.25, 0.3) is 10.1 Å². The fourth-order valence-electron chi connectivity index (χ4n) is 2.58. The second-order valence-electron chi connectivity index (χ2n) is 5.57. The predicted molar refractivity (Wildman–Crippen MR) is 87.2 cm³/mol. The van der Waals surface area contributed by atoms with E-state index in [1.54, 1.807) is 6.07 Å². The monoisotopic (exact) mass is 324 g/mol. The Morgan fingerprint density at radius 1 is 1.57 bits per heavy atom. The van der Waals surface area contributed by atoms with Crippen molar-refractivity contribution in [3.63, 3.8) is 0 Å². The number of halogens is 1. The summed E-state index contributed by atoms with van der Waals surface area (Å²) in [5.41, 5.74) is 6.34. The molecule has 1 aromatic heterocycles. The molecule has 0 spiro atoms. The van der Waals surface area contributed by atoms with E-state index in [1.165, 1.54) is 11.3 Å². The van der Waals surface area contributed by atoms with Gasteiger partial charge < -0.3 is 15.8 Å². The Morgan fingerprint density at radius 2 is 2.38 bits per heavy atom. The molecule has 0 aliphatic carbocycles. The van der Waals surface area contributed by atoms with Crippen molar-refractivity contribution in [2.45, 2.75) is 25.4 Å². The molecule has 4 nitrogen and oxygen atoms in total. The quantitative estimate of drug-likeness (QED) is 0.909. The highest BCUT2D eigenvalue weighted by Gasteiger charge is 2.30. The van der Waals surface area contributed by atoms with Gasteiger partial charge in [0.15, 0.2) is 0 Å². The summed E-state index contributed by atoms with van der Waals surface area (Å²) in [5.74, 6) is -0.151. The lowest BCUT2D eigenvalue weighted by molar-refractivity contribution is 0.0206. The van der Waals surface area contributed by atoms with E-state index >= 15 is 0 Å². The number of carbonyl (C=O) groups excluding carboxylic acids is 1. The number of nitrogens with two attached hydrogens (primary N) is 1. The molecule has 1 atom stereocenters. The molecule has 1 aliphatic rings. The average Bonchev–Trinajstić information content (AvgIpc) is 3.01. The molecule has 0 saturated carbocycles. The van der Waals surface area contributed by atoms with Gasteiger partial charge in [-0.1, -0.05) is 11.6 Å². The first-order chi connectivity index (χ1) is 9.98. The van der Waals surface area contributed by atoms with Gasteiger partial charge in [-0.3, -0.25) is 4.79 Å². The first kappa shape index (κ1) is 14.6. The highest BCUT2D eigenvalue weighted by molar-refractivity contribution is 7.21. The molecule has 6 heteroatoms. The molecular weight excluding hydrogens is 308 g/mol. The van der Waals surface area contributed by atoms with Gasteiger partial charge >= 0.3 is 0 Å². The maximum atomic E-state index is 12.3. The summed E-state index contributed by atoms with van der Waals surface area (Å²) in [6, 6.07) is 5.46. The predicted octanol–water partition coefficient (Wildman–Crippen LogP) is 3.44. The molecule has 1 saturated heterocycles. The number of fused-ring (bicyclic) bond motifs is 1. The van der Waals surface area contributed by atoms with Crippen LogP contribution in [0, 0.1) is 0 Å². The van der Waals surface area contributed by atoms with Gasteiger partial charge in [0.2, 0.25) is 0 Å². The second-order valence-corrected chi connectivity index (χ2v) is 7.06. The minimum Gasteiger partial charge on any atom is -0.397 e. The maximum Gasteiger partial charge on any atom is 0.263 e. The second kappa shape index (κ2) is 5.48. The van der Waals surface area contributed by atoms with Crippen molar-refractivity contribution in [1.29, 1.82) is 0 Å². The first-order valence-corrected chi connectivity index (χ1v) is 8.08. The lowest BCUT2D eigenvalue weighted by atomic mass is 10.0. The lowest BCUT2D eigenvalue weighted by Gasteiger charge is -2.23. The number of benzene rings is 1. The average molecular weight is 325 g/mol. The van der Waals surface area contributed by atoms with Crippen LogP contribution in [-0.2, 0) is 4.74 Å². The molecule has 0 bridgehead atoms. The molecule has 1 amide bonds. The Bertz CT molecular complexity index is 692. The molecule has 1 aromatic carbocycles. The number of hydrogen-bond donors (Lipinski definition) is 2. The zero-order valence-electron chi connectivity index (χ0n) is 11.7. The number of ether oxygens (including phenoxy) is 1. The van der Waals surface area contributed by atoms with Crippen molar-refractivity contribution >= 4 is 44.6 Å². The van der Waals surface area contributed by atoms with E-state index in [0.29, 0.717) is 22.1 Å². The van der Waals surface area contributed by atoms with Crippen LogP contribution >= 0.6 is 22.9 Å². The van der Waals surface area contributed by atoms with Crippen molar-refractivity contribution in [1.82, 2.24) is 5.32 Å². The summed E-state index contributed by atoms with van der Waals surface area (Å²) in [7, 11) is 0.